The molecule has 1 aliphatic heterocycles. The Labute approximate surface area is 126 Å². The van der Waals surface area contributed by atoms with Gasteiger partial charge in [-0.25, -0.2) is 0 Å². The maximum Gasteiger partial charge on any atom is 0.318 e. The van der Waals surface area contributed by atoms with E-state index in [-0.39, 0.29) is 17.9 Å². The molecule has 2 fully saturated rings. The summed E-state index contributed by atoms with van der Waals surface area (Å²) in [6.45, 7) is 1.27. The first-order valence-corrected chi connectivity index (χ1v) is 8.19. The van der Waals surface area contributed by atoms with E-state index in [9.17, 15) is 9.59 Å². The highest BCUT2D eigenvalue weighted by Crippen LogP contribution is 2.30. The van der Waals surface area contributed by atoms with Crippen LogP contribution in [0, 0.1) is 11.8 Å². The van der Waals surface area contributed by atoms with Crippen LogP contribution in [0.15, 0.2) is 0 Å². The van der Waals surface area contributed by atoms with Crippen LogP contribution in [0.3, 0.4) is 0 Å². The minimum Gasteiger partial charge on any atom is -0.468 e. The number of methoxy groups -OCH3 is 1. The van der Waals surface area contributed by atoms with Crippen LogP contribution in [-0.4, -0.2) is 38.2 Å². The van der Waals surface area contributed by atoms with Gasteiger partial charge in [-0.3, -0.25) is 9.59 Å². The Balaban J connectivity index is 1.93. The summed E-state index contributed by atoms with van der Waals surface area (Å²) in [7, 11) is 1.36. The van der Waals surface area contributed by atoms with E-state index in [1.54, 1.807) is 0 Å². The fraction of sp³-hybridized carbons (Fsp3) is 0.875. The molecule has 2 atom stereocenters. The normalized spacial score (nSPS) is 25.1. The van der Waals surface area contributed by atoms with Gasteiger partial charge in [0, 0.05) is 13.2 Å². The predicted octanol–water partition coefficient (Wildman–Crippen LogP) is 2.04. The maximum atomic E-state index is 12.4. The van der Waals surface area contributed by atoms with Crippen molar-refractivity contribution in [3.05, 3.63) is 0 Å². The summed E-state index contributed by atoms with van der Waals surface area (Å²) < 4.78 is 10.4. The summed E-state index contributed by atoms with van der Waals surface area (Å²) in [5.41, 5.74) is 0. The van der Waals surface area contributed by atoms with Crippen LogP contribution < -0.4 is 5.32 Å². The van der Waals surface area contributed by atoms with Crippen molar-refractivity contribution >= 4 is 11.9 Å². The van der Waals surface area contributed by atoms with Crippen LogP contribution in [0.4, 0.5) is 0 Å². The summed E-state index contributed by atoms with van der Waals surface area (Å²) in [4.78, 5) is 24.5. The second-order valence-corrected chi connectivity index (χ2v) is 6.13. The lowest BCUT2D eigenvalue weighted by Crippen LogP contribution is -2.43. The summed E-state index contributed by atoms with van der Waals surface area (Å²) in [5, 5.41) is 2.89. The van der Waals surface area contributed by atoms with E-state index in [1.165, 1.54) is 20.0 Å². The number of esters is 1. The summed E-state index contributed by atoms with van der Waals surface area (Å²) in [6, 6.07) is 0. The summed E-state index contributed by atoms with van der Waals surface area (Å²) in [6.07, 6.45) is 8.58. The number of hydrogen-bond donors (Lipinski definition) is 1. The molecule has 1 aliphatic carbocycles. The van der Waals surface area contributed by atoms with Crippen molar-refractivity contribution in [2.75, 3.05) is 20.3 Å². The van der Waals surface area contributed by atoms with Crippen LogP contribution in [0.2, 0.25) is 0 Å². The molecule has 1 N–H and O–H groups in total. The Kier molecular flexibility index (Phi) is 6.49. The SMILES string of the molecule is COC(=O)[C@@H](C(=O)NC[C@H]1CCCO1)C1CCCCCC1. The van der Waals surface area contributed by atoms with E-state index in [2.05, 4.69) is 5.32 Å². The highest BCUT2D eigenvalue weighted by atomic mass is 16.5. The van der Waals surface area contributed by atoms with Crippen molar-refractivity contribution in [3.8, 4) is 0 Å². The molecule has 0 bridgehead atoms. The fourth-order valence-corrected chi connectivity index (χ4v) is 3.41. The molecule has 1 saturated heterocycles. The van der Waals surface area contributed by atoms with Gasteiger partial charge in [-0.1, -0.05) is 25.7 Å². The van der Waals surface area contributed by atoms with E-state index in [0.29, 0.717) is 6.54 Å². The van der Waals surface area contributed by atoms with Gasteiger partial charge in [0.05, 0.1) is 13.2 Å². The Morgan fingerprint density at radius 3 is 2.43 bits per heavy atom. The minimum absolute atomic E-state index is 0.0985. The molecule has 21 heavy (non-hydrogen) atoms. The molecule has 0 spiro atoms. The molecule has 1 saturated carbocycles. The predicted molar refractivity (Wildman–Crippen MR) is 78.7 cm³/mol. The summed E-state index contributed by atoms with van der Waals surface area (Å²) >= 11 is 0. The van der Waals surface area contributed by atoms with Crippen LogP contribution in [-0.2, 0) is 19.1 Å². The number of carbonyl (C=O) groups is 2. The van der Waals surface area contributed by atoms with Gasteiger partial charge in [-0.15, -0.1) is 0 Å². The Morgan fingerprint density at radius 1 is 1.14 bits per heavy atom. The van der Waals surface area contributed by atoms with Crippen molar-refractivity contribution in [3.63, 3.8) is 0 Å². The maximum absolute atomic E-state index is 12.4. The van der Waals surface area contributed by atoms with Gasteiger partial charge >= 0.3 is 5.97 Å². The molecule has 0 aromatic rings. The molecule has 2 aliphatic rings. The average molecular weight is 297 g/mol. The van der Waals surface area contributed by atoms with Gasteiger partial charge in [0.1, 0.15) is 5.92 Å². The fourth-order valence-electron chi connectivity index (χ4n) is 3.41. The minimum atomic E-state index is -0.658. The van der Waals surface area contributed by atoms with Crippen molar-refractivity contribution in [2.24, 2.45) is 11.8 Å². The average Bonchev–Trinajstić information content (AvgIpc) is 2.88. The first-order valence-electron chi connectivity index (χ1n) is 8.19. The second kappa shape index (κ2) is 8.37. The molecular formula is C16H27NO4. The Hall–Kier alpha value is -1.10. The van der Waals surface area contributed by atoms with Gasteiger partial charge in [0.25, 0.3) is 0 Å². The molecule has 5 nitrogen and oxygen atoms in total. The quantitative estimate of drug-likeness (QED) is 0.479. The van der Waals surface area contributed by atoms with Gasteiger partial charge in [-0.05, 0) is 31.6 Å². The van der Waals surface area contributed by atoms with Crippen LogP contribution >= 0.6 is 0 Å². The van der Waals surface area contributed by atoms with Crippen molar-refractivity contribution in [2.45, 2.75) is 57.5 Å². The first-order chi connectivity index (χ1) is 10.2. The zero-order valence-corrected chi connectivity index (χ0v) is 12.9. The van der Waals surface area contributed by atoms with E-state index in [4.69, 9.17) is 9.47 Å². The largest absolute Gasteiger partial charge is 0.468 e. The topological polar surface area (TPSA) is 64.6 Å². The Morgan fingerprint density at radius 2 is 1.86 bits per heavy atom. The third kappa shape index (κ3) is 4.70. The zero-order chi connectivity index (χ0) is 15.1. The number of ether oxygens (including phenoxy) is 2. The number of amides is 1. The second-order valence-electron chi connectivity index (χ2n) is 6.13. The third-order valence-electron chi connectivity index (χ3n) is 4.64. The van der Waals surface area contributed by atoms with Gasteiger partial charge in [0.15, 0.2) is 0 Å². The highest BCUT2D eigenvalue weighted by molar-refractivity contribution is 5.98. The lowest BCUT2D eigenvalue weighted by atomic mass is 9.85. The van der Waals surface area contributed by atoms with Crippen LogP contribution in [0.5, 0.6) is 0 Å². The molecule has 1 amide bonds. The van der Waals surface area contributed by atoms with Crippen molar-refractivity contribution < 1.29 is 19.1 Å². The molecule has 120 valence electrons. The zero-order valence-electron chi connectivity index (χ0n) is 12.9. The number of carbonyl (C=O) groups excluding carboxylic acids is 2. The van der Waals surface area contributed by atoms with E-state index >= 15 is 0 Å². The smallest absolute Gasteiger partial charge is 0.318 e. The van der Waals surface area contributed by atoms with E-state index < -0.39 is 11.9 Å². The molecule has 5 heteroatoms. The first kappa shape index (κ1) is 16.3. The van der Waals surface area contributed by atoms with Crippen LogP contribution in [0.25, 0.3) is 0 Å². The van der Waals surface area contributed by atoms with Gasteiger partial charge < -0.3 is 14.8 Å². The number of hydrogen-bond acceptors (Lipinski definition) is 4. The number of nitrogens with one attached hydrogen (secondary N) is 1. The molecule has 0 unspecified atom stereocenters. The Bertz CT molecular complexity index is 344. The lowest BCUT2D eigenvalue weighted by molar-refractivity contribution is -0.152. The molecular weight excluding hydrogens is 270 g/mol. The van der Waals surface area contributed by atoms with Crippen molar-refractivity contribution in [1.82, 2.24) is 5.32 Å². The van der Waals surface area contributed by atoms with Crippen molar-refractivity contribution in [1.29, 1.82) is 0 Å². The molecule has 0 aromatic carbocycles. The third-order valence-corrected chi connectivity index (χ3v) is 4.64. The molecule has 0 aromatic heterocycles. The van der Waals surface area contributed by atoms with Crippen LogP contribution in [0.1, 0.15) is 51.4 Å². The van der Waals surface area contributed by atoms with E-state index in [0.717, 1.165) is 45.1 Å². The van der Waals surface area contributed by atoms with Gasteiger partial charge in [-0.2, -0.15) is 0 Å². The number of rotatable bonds is 5. The highest BCUT2D eigenvalue weighted by Gasteiger charge is 2.36. The molecule has 2 rings (SSSR count). The molecule has 0 radical (unpaired) electrons. The lowest BCUT2D eigenvalue weighted by Gasteiger charge is -2.23. The van der Waals surface area contributed by atoms with Gasteiger partial charge in [0.2, 0.25) is 5.91 Å². The summed E-state index contributed by atoms with van der Waals surface area (Å²) in [5.74, 6) is -1.13. The van der Waals surface area contributed by atoms with E-state index in [1.807, 2.05) is 0 Å². The monoisotopic (exact) mass is 297 g/mol. The standard InChI is InChI=1S/C16H27NO4/c1-20-16(19)14(12-7-4-2-3-5-8-12)15(18)17-11-13-9-6-10-21-13/h12-14H,2-11H2,1H3,(H,17,18)/t13-,14-/m1/s1. The molecule has 1 heterocycles.